The Morgan fingerprint density at radius 1 is 1.41 bits per heavy atom. The number of nitrogens with zero attached hydrogens (tertiary/aromatic N) is 5. The van der Waals surface area contributed by atoms with E-state index < -0.39 is 5.41 Å². The second-order valence-corrected chi connectivity index (χ2v) is 8.52. The first-order valence-corrected chi connectivity index (χ1v) is 9.52. The molecule has 4 rings (SSSR count). The fourth-order valence-electron chi connectivity index (χ4n) is 3.44. The van der Waals surface area contributed by atoms with Crippen LogP contribution < -0.4 is 10.3 Å². The Bertz CT molecular complexity index is 1050. The predicted molar refractivity (Wildman–Crippen MR) is 106 cm³/mol. The third-order valence-electron chi connectivity index (χ3n) is 5.30. The first kappa shape index (κ1) is 19.2. The van der Waals surface area contributed by atoms with Crippen LogP contribution in [-0.2, 0) is 16.3 Å². The number of carbonyl (C=O) groups is 1. The van der Waals surface area contributed by atoms with Crippen molar-refractivity contribution in [2.24, 2.45) is 10.5 Å². The van der Waals surface area contributed by atoms with Crippen molar-refractivity contribution in [3.63, 3.8) is 0 Å². The van der Waals surface area contributed by atoms with Crippen molar-refractivity contribution >= 4 is 28.8 Å². The molecule has 0 amide bonds. The molecule has 150 valence electrons. The van der Waals surface area contributed by atoms with Crippen LogP contribution >= 0.6 is 0 Å². The highest BCUT2D eigenvalue weighted by Crippen LogP contribution is 2.24. The van der Waals surface area contributed by atoms with Gasteiger partial charge in [-0.05, 0) is 26.8 Å². The number of carbonyl (C=O) groups excluding carboxylic acids is 1. The summed E-state index contributed by atoms with van der Waals surface area (Å²) in [5, 5.41) is 18.8. The Balaban J connectivity index is 1.59. The second-order valence-electron chi connectivity index (χ2n) is 8.52. The summed E-state index contributed by atoms with van der Waals surface area (Å²) < 4.78 is 7.20. The molecular weight excluding hydrogens is 370 g/mol. The molecule has 9 heteroatoms. The summed E-state index contributed by atoms with van der Waals surface area (Å²) in [5.41, 5.74) is 1.58. The van der Waals surface area contributed by atoms with Crippen LogP contribution in [0.5, 0.6) is 0 Å². The molecule has 1 unspecified atom stereocenters. The van der Waals surface area contributed by atoms with E-state index in [1.807, 2.05) is 39.2 Å². The Kier molecular flexibility index (Phi) is 4.68. The Hall–Kier alpha value is -3.09. The fraction of sp³-hybridized carbons (Fsp3) is 0.450. The van der Waals surface area contributed by atoms with Crippen LogP contribution in [0.2, 0.25) is 0 Å². The summed E-state index contributed by atoms with van der Waals surface area (Å²) in [7, 11) is 0. The number of fused-ring (bicyclic) bond motifs is 1. The van der Waals surface area contributed by atoms with Crippen LogP contribution in [0.25, 0.3) is 16.6 Å². The van der Waals surface area contributed by atoms with Crippen molar-refractivity contribution in [2.75, 3.05) is 13.1 Å². The molecule has 0 radical (unpaired) electrons. The summed E-state index contributed by atoms with van der Waals surface area (Å²) >= 11 is 0. The minimum absolute atomic E-state index is 0.0948. The molecule has 1 atom stereocenters. The van der Waals surface area contributed by atoms with Gasteiger partial charge in [-0.15, -0.1) is 0 Å². The monoisotopic (exact) mass is 394 g/mol. The molecule has 2 aromatic heterocycles. The highest BCUT2D eigenvalue weighted by molar-refractivity contribution is 6.13. The lowest BCUT2D eigenvalue weighted by Gasteiger charge is -2.40. The van der Waals surface area contributed by atoms with E-state index in [2.05, 4.69) is 26.5 Å². The summed E-state index contributed by atoms with van der Waals surface area (Å²) in [6.45, 7) is 7.06. The molecule has 2 aliphatic rings. The van der Waals surface area contributed by atoms with Crippen LogP contribution in [0.4, 0.5) is 0 Å². The van der Waals surface area contributed by atoms with Gasteiger partial charge in [-0.1, -0.05) is 5.10 Å². The lowest BCUT2D eigenvalue weighted by Crippen LogP contribution is -3.16. The average molecular weight is 394 g/mol. The predicted octanol–water partition coefficient (Wildman–Crippen LogP) is 0.459. The maximum atomic E-state index is 12.1. The van der Waals surface area contributed by atoms with E-state index in [0.29, 0.717) is 12.1 Å². The lowest BCUT2D eigenvalue weighted by molar-refractivity contribution is -0.911. The number of esters is 1. The first-order valence-electron chi connectivity index (χ1n) is 9.52. The van der Waals surface area contributed by atoms with Gasteiger partial charge in [-0.25, -0.2) is 9.97 Å². The zero-order chi connectivity index (χ0) is 20.6. The van der Waals surface area contributed by atoms with Crippen LogP contribution in [-0.4, -0.2) is 45.3 Å². The number of hydrogen-bond acceptors (Lipinski definition) is 7. The van der Waals surface area contributed by atoms with Crippen molar-refractivity contribution in [3.05, 3.63) is 30.5 Å². The smallest absolute Gasteiger partial charge is 0.312 e. The number of allylic oxidation sites excluding steroid dienone is 1. The summed E-state index contributed by atoms with van der Waals surface area (Å²) in [5.74, 6) is -0.268. The Morgan fingerprint density at radius 2 is 2.21 bits per heavy atom. The van der Waals surface area contributed by atoms with E-state index in [9.17, 15) is 10.1 Å². The Labute approximate surface area is 168 Å². The minimum Gasteiger partial charge on any atom is -0.443 e. The molecular formula is C20H24N7O2+. The van der Waals surface area contributed by atoms with Gasteiger partial charge < -0.3 is 10.1 Å². The van der Waals surface area contributed by atoms with Crippen molar-refractivity contribution in [1.82, 2.24) is 19.9 Å². The average Bonchev–Trinajstić information content (AvgIpc) is 3.29. The molecule has 2 aliphatic heterocycles. The normalized spacial score (nSPS) is 20.2. The number of hydrogen-bond donors (Lipinski definition) is 2. The molecule has 29 heavy (non-hydrogen) atoms. The molecule has 0 saturated carbocycles. The molecule has 0 aliphatic carbocycles. The summed E-state index contributed by atoms with van der Waals surface area (Å²) in [4.78, 5) is 20.9. The first-order chi connectivity index (χ1) is 13.8. The van der Waals surface area contributed by atoms with Gasteiger partial charge in [0, 0.05) is 11.6 Å². The summed E-state index contributed by atoms with van der Waals surface area (Å²) in [6, 6.07) is 4.19. The highest BCUT2D eigenvalue weighted by Gasteiger charge is 2.48. The number of quaternary nitrogens is 1. The fourth-order valence-corrected chi connectivity index (χ4v) is 3.44. The van der Waals surface area contributed by atoms with Crippen LogP contribution in [0, 0.1) is 16.7 Å². The quantitative estimate of drug-likeness (QED) is 0.713. The number of nitriles is 1. The molecule has 1 fully saturated rings. The van der Waals surface area contributed by atoms with Gasteiger partial charge in [0.2, 0.25) is 0 Å². The topological polar surface area (TPSA) is 110 Å². The number of ether oxygens (including phenoxy) is 1. The number of nitrogens with one attached hydrogen (secondary N) is 2. The number of aromatic nitrogens is 3. The molecule has 2 N–H and O–H groups in total. The third kappa shape index (κ3) is 3.41. The van der Waals surface area contributed by atoms with Gasteiger partial charge in [0.1, 0.15) is 18.2 Å². The zero-order valence-electron chi connectivity index (χ0n) is 16.8. The molecule has 1 saturated heterocycles. The second kappa shape index (κ2) is 7.06. The van der Waals surface area contributed by atoms with Crippen molar-refractivity contribution in [1.29, 1.82) is 5.26 Å². The number of rotatable bonds is 5. The van der Waals surface area contributed by atoms with Crippen LogP contribution in [0.15, 0.2) is 29.9 Å². The van der Waals surface area contributed by atoms with Gasteiger partial charge in [0.15, 0.2) is 12.3 Å². The van der Waals surface area contributed by atoms with Crippen LogP contribution in [0.3, 0.4) is 0 Å². The third-order valence-corrected chi connectivity index (χ3v) is 5.30. The Morgan fingerprint density at radius 3 is 2.86 bits per heavy atom. The van der Waals surface area contributed by atoms with E-state index in [0.717, 1.165) is 34.8 Å². The maximum absolute atomic E-state index is 12.1. The molecule has 4 heterocycles. The van der Waals surface area contributed by atoms with Gasteiger partial charge in [-0.3, -0.25) is 9.36 Å². The van der Waals surface area contributed by atoms with Gasteiger partial charge in [-0.2, -0.15) is 10.3 Å². The largest absolute Gasteiger partial charge is 0.443 e. The van der Waals surface area contributed by atoms with Crippen LogP contribution in [0.1, 0.15) is 32.9 Å². The highest BCUT2D eigenvalue weighted by atomic mass is 16.5. The van der Waals surface area contributed by atoms with E-state index >= 15 is 0 Å². The zero-order valence-corrected chi connectivity index (χ0v) is 16.8. The maximum Gasteiger partial charge on any atom is 0.312 e. The van der Waals surface area contributed by atoms with Crippen molar-refractivity contribution in [3.8, 4) is 6.07 Å². The SMILES string of the molecule is CC(C)(C)C(=O)OCn1ccc2c(C3=C[NH+](C4(CC#N)CNC4)N=C3)ncnc21. The van der Waals surface area contributed by atoms with E-state index in [4.69, 9.17) is 4.74 Å². The van der Waals surface area contributed by atoms with E-state index in [1.165, 1.54) is 6.33 Å². The molecule has 0 spiro atoms. The van der Waals surface area contributed by atoms with Gasteiger partial charge in [0.05, 0.1) is 48.5 Å². The van der Waals surface area contributed by atoms with Crippen molar-refractivity contribution in [2.45, 2.75) is 39.5 Å². The van der Waals surface area contributed by atoms with Crippen molar-refractivity contribution < 1.29 is 14.5 Å². The van der Waals surface area contributed by atoms with Gasteiger partial charge in [0.25, 0.3) is 0 Å². The minimum atomic E-state index is -0.559. The van der Waals surface area contributed by atoms with Gasteiger partial charge >= 0.3 is 5.97 Å². The molecule has 0 bridgehead atoms. The standard InChI is InChI=1S/C20H23N7O2/c1-19(2,3)18(28)29-13-26-7-4-15-16(23-12-24-17(15)26)14-8-25-27(9-14)20(5-6-21)10-22-11-20/h4,7-9,12,22H,5,10-11,13H2,1-3H3/p+1. The van der Waals surface area contributed by atoms with E-state index in [-0.39, 0.29) is 18.2 Å². The molecule has 9 nitrogen and oxygen atoms in total. The lowest BCUT2D eigenvalue weighted by atomic mass is 9.88. The molecule has 0 aromatic carbocycles. The summed E-state index contributed by atoms with van der Waals surface area (Å²) in [6.07, 6.45) is 7.58. The molecule has 2 aromatic rings. The van der Waals surface area contributed by atoms with E-state index in [1.54, 1.807) is 10.8 Å².